The first-order chi connectivity index (χ1) is 11.3. The second-order valence-corrected chi connectivity index (χ2v) is 5.46. The zero-order valence-electron chi connectivity index (χ0n) is 12.8. The second kappa shape index (κ2) is 7.17. The Labute approximate surface area is 134 Å². The molecule has 0 aliphatic carbocycles. The monoisotopic (exact) mass is 309 g/mol. The van der Waals surface area contributed by atoms with E-state index in [1.54, 1.807) is 0 Å². The maximum absolute atomic E-state index is 12.6. The Balaban J connectivity index is 1.75. The number of aliphatic hydroxyl groups excluding tert-OH is 1. The van der Waals surface area contributed by atoms with E-state index in [-0.39, 0.29) is 18.9 Å². The summed E-state index contributed by atoms with van der Waals surface area (Å²) in [7, 11) is 0. The fraction of sp³-hybridized carbons (Fsp3) is 0.222. The molecule has 0 radical (unpaired) electrons. The van der Waals surface area contributed by atoms with Crippen molar-refractivity contribution in [3.63, 3.8) is 0 Å². The number of ketones is 1. The number of para-hydroxylation sites is 1. The number of carbonyl (C=O) groups excluding carboxylic acids is 1. The molecule has 0 spiro atoms. The van der Waals surface area contributed by atoms with Crippen molar-refractivity contribution < 1.29 is 9.90 Å². The van der Waals surface area contributed by atoms with Gasteiger partial charge in [-0.15, -0.1) is 0 Å². The van der Waals surface area contributed by atoms with Gasteiger partial charge in [0.15, 0.2) is 5.78 Å². The minimum atomic E-state index is -0.0492. The Hall–Kier alpha value is -2.50. The van der Waals surface area contributed by atoms with Crippen LogP contribution in [-0.2, 0) is 6.54 Å². The van der Waals surface area contributed by atoms with Gasteiger partial charge in [-0.2, -0.15) is 5.10 Å². The van der Waals surface area contributed by atoms with E-state index in [1.807, 2.05) is 59.5 Å². The summed E-state index contributed by atoms with van der Waals surface area (Å²) in [6.07, 6.45) is 0. The van der Waals surface area contributed by atoms with Crippen LogP contribution in [-0.4, -0.2) is 45.7 Å². The molecule has 23 heavy (non-hydrogen) atoms. The Morgan fingerprint density at radius 1 is 1.09 bits per heavy atom. The molecular formula is C18H19N3O2. The lowest BCUT2D eigenvalue weighted by Crippen LogP contribution is -2.32. The predicted molar refractivity (Wildman–Crippen MR) is 89.2 cm³/mol. The summed E-state index contributed by atoms with van der Waals surface area (Å²) in [4.78, 5) is 14.5. The van der Waals surface area contributed by atoms with Crippen molar-refractivity contribution in [2.45, 2.75) is 6.54 Å². The van der Waals surface area contributed by atoms with Crippen LogP contribution in [0.3, 0.4) is 0 Å². The van der Waals surface area contributed by atoms with Gasteiger partial charge < -0.3 is 5.11 Å². The largest absolute Gasteiger partial charge is 0.395 e. The third-order valence-corrected chi connectivity index (χ3v) is 3.77. The molecule has 0 amide bonds. The first kappa shape index (κ1) is 15.4. The van der Waals surface area contributed by atoms with Crippen molar-refractivity contribution in [3.05, 3.63) is 65.9 Å². The predicted octanol–water partition coefficient (Wildman–Crippen LogP) is 2.24. The van der Waals surface area contributed by atoms with Crippen molar-refractivity contribution >= 4 is 16.7 Å². The molecule has 0 saturated carbocycles. The summed E-state index contributed by atoms with van der Waals surface area (Å²) < 4.78 is 0. The van der Waals surface area contributed by atoms with E-state index < -0.39 is 0 Å². The van der Waals surface area contributed by atoms with Crippen LogP contribution in [0, 0.1) is 0 Å². The molecule has 3 aromatic rings. The SMILES string of the molecule is O=C(CN(CCO)Cc1ccccc1)c1n[nH]c2ccccc12. The van der Waals surface area contributed by atoms with Gasteiger partial charge in [-0.3, -0.25) is 14.8 Å². The van der Waals surface area contributed by atoms with Crippen molar-refractivity contribution in [3.8, 4) is 0 Å². The number of rotatable bonds is 7. The number of nitrogens with one attached hydrogen (secondary N) is 1. The molecule has 0 saturated heterocycles. The summed E-state index contributed by atoms with van der Waals surface area (Å²) in [5.74, 6) is -0.0492. The molecule has 118 valence electrons. The van der Waals surface area contributed by atoms with Crippen LogP contribution in [0.2, 0.25) is 0 Å². The molecule has 0 aliphatic rings. The van der Waals surface area contributed by atoms with Gasteiger partial charge in [-0.05, 0) is 11.6 Å². The van der Waals surface area contributed by atoms with Crippen LogP contribution in [0.5, 0.6) is 0 Å². The van der Waals surface area contributed by atoms with Crippen molar-refractivity contribution in [2.75, 3.05) is 19.7 Å². The van der Waals surface area contributed by atoms with Crippen molar-refractivity contribution in [1.29, 1.82) is 0 Å². The molecule has 1 heterocycles. The lowest BCUT2D eigenvalue weighted by Gasteiger charge is -2.20. The highest BCUT2D eigenvalue weighted by molar-refractivity contribution is 6.06. The number of nitrogens with zero attached hydrogens (tertiary/aromatic N) is 2. The zero-order chi connectivity index (χ0) is 16.1. The highest BCUT2D eigenvalue weighted by Crippen LogP contribution is 2.16. The Bertz CT molecular complexity index is 783. The van der Waals surface area contributed by atoms with E-state index in [0.29, 0.717) is 18.8 Å². The number of hydrogen-bond donors (Lipinski definition) is 2. The number of aromatic amines is 1. The van der Waals surface area contributed by atoms with Gasteiger partial charge in [0.25, 0.3) is 0 Å². The Morgan fingerprint density at radius 3 is 2.61 bits per heavy atom. The maximum atomic E-state index is 12.6. The highest BCUT2D eigenvalue weighted by atomic mass is 16.3. The van der Waals surface area contributed by atoms with Gasteiger partial charge >= 0.3 is 0 Å². The average molecular weight is 309 g/mol. The van der Waals surface area contributed by atoms with E-state index in [2.05, 4.69) is 10.2 Å². The van der Waals surface area contributed by atoms with E-state index in [9.17, 15) is 9.90 Å². The third-order valence-electron chi connectivity index (χ3n) is 3.77. The van der Waals surface area contributed by atoms with E-state index >= 15 is 0 Å². The number of aliphatic hydroxyl groups is 1. The molecule has 0 bridgehead atoms. The quantitative estimate of drug-likeness (QED) is 0.657. The van der Waals surface area contributed by atoms with E-state index in [1.165, 1.54) is 0 Å². The number of hydrogen-bond acceptors (Lipinski definition) is 4. The fourth-order valence-corrected chi connectivity index (χ4v) is 2.65. The molecule has 2 N–H and O–H groups in total. The normalized spacial score (nSPS) is 11.2. The summed E-state index contributed by atoms with van der Waals surface area (Å²) in [5, 5.41) is 17.1. The van der Waals surface area contributed by atoms with Crippen LogP contribution in [0.1, 0.15) is 16.1 Å². The number of benzene rings is 2. The standard InChI is InChI=1S/C18H19N3O2/c22-11-10-21(12-14-6-2-1-3-7-14)13-17(23)18-15-8-4-5-9-16(15)19-20-18/h1-9,22H,10-13H2,(H,19,20). The Kier molecular flexibility index (Phi) is 4.80. The molecule has 5 heteroatoms. The lowest BCUT2D eigenvalue weighted by molar-refractivity contribution is 0.0905. The molecule has 0 atom stereocenters. The highest BCUT2D eigenvalue weighted by Gasteiger charge is 2.17. The summed E-state index contributed by atoms with van der Waals surface area (Å²) in [6.45, 7) is 1.31. The maximum Gasteiger partial charge on any atom is 0.197 e. The first-order valence-corrected chi connectivity index (χ1v) is 7.61. The molecule has 0 aliphatic heterocycles. The fourth-order valence-electron chi connectivity index (χ4n) is 2.65. The minimum Gasteiger partial charge on any atom is -0.395 e. The molecule has 0 unspecified atom stereocenters. The molecule has 1 aromatic heterocycles. The molecule has 2 aromatic carbocycles. The summed E-state index contributed by atoms with van der Waals surface area (Å²) >= 11 is 0. The number of aromatic nitrogens is 2. The number of fused-ring (bicyclic) bond motifs is 1. The van der Waals surface area contributed by atoms with Crippen LogP contribution in [0.15, 0.2) is 54.6 Å². The van der Waals surface area contributed by atoms with E-state index in [0.717, 1.165) is 16.5 Å². The number of H-pyrrole nitrogens is 1. The molecular weight excluding hydrogens is 290 g/mol. The van der Waals surface area contributed by atoms with Crippen LogP contribution < -0.4 is 0 Å². The number of carbonyl (C=O) groups is 1. The van der Waals surface area contributed by atoms with Gasteiger partial charge in [0.05, 0.1) is 18.7 Å². The molecule has 5 nitrogen and oxygen atoms in total. The average Bonchev–Trinajstić information content (AvgIpc) is 3.00. The first-order valence-electron chi connectivity index (χ1n) is 7.61. The molecule has 3 rings (SSSR count). The van der Waals surface area contributed by atoms with Crippen LogP contribution in [0.4, 0.5) is 0 Å². The van der Waals surface area contributed by atoms with E-state index in [4.69, 9.17) is 0 Å². The second-order valence-electron chi connectivity index (χ2n) is 5.46. The minimum absolute atomic E-state index is 0.0153. The van der Waals surface area contributed by atoms with Crippen LogP contribution in [0.25, 0.3) is 10.9 Å². The van der Waals surface area contributed by atoms with Gasteiger partial charge in [-0.1, -0.05) is 48.5 Å². The van der Waals surface area contributed by atoms with Crippen LogP contribution >= 0.6 is 0 Å². The smallest absolute Gasteiger partial charge is 0.197 e. The van der Waals surface area contributed by atoms with Crippen molar-refractivity contribution in [1.82, 2.24) is 15.1 Å². The molecule has 0 fully saturated rings. The lowest BCUT2D eigenvalue weighted by atomic mass is 10.1. The Morgan fingerprint density at radius 2 is 1.83 bits per heavy atom. The zero-order valence-corrected chi connectivity index (χ0v) is 12.8. The summed E-state index contributed by atoms with van der Waals surface area (Å²) in [5.41, 5.74) is 2.42. The summed E-state index contributed by atoms with van der Waals surface area (Å²) in [6, 6.07) is 17.5. The van der Waals surface area contributed by atoms with Gasteiger partial charge in [0.2, 0.25) is 0 Å². The van der Waals surface area contributed by atoms with Gasteiger partial charge in [0.1, 0.15) is 5.69 Å². The van der Waals surface area contributed by atoms with Crippen molar-refractivity contribution in [2.24, 2.45) is 0 Å². The number of Topliss-reactive ketones (excluding diaryl/α,β-unsaturated/α-hetero) is 1. The topological polar surface area (TPSA) is 69.2 Å². The van der Waals surface area contributed by atoms with Gasteiger partial charge in [-0.25, -0.2) is 0 Å². The van der Waals surface area contributed by atoms with Gasteiger partial charge in [0, 0.05) is 18.5 Å². The third kappa shape index (κ3) is 3.64.